The predicted octanol–water partition coefficient (Wildman–Crippen LogP) is 3.99. The second kappa shape index (κ2) is 6.02. The quantitative estimate of drug-likeness (QED) is 0.790. The van der Waals surface area contributed by atoms with Gasteiger partial charge in [-0.15, -0.1) is 11.6 Å². The van der Waals surface area contributed by atoms with E-state index in [-0.39, 0.29) is 0 Å². The van der Waals surface area contributed by atoms with Crippen LogP contribution in [-0.2, 0) is 5.88 Å². The first-order valence-corrected chi connectivity index (χ1v) is 6.91. The molecule has 0 atom stereocenters. The largest absolute Gasteiger partial charge is 0.311 e. The highest BCUT2D eigenvalue weighted by Crippen LogP contribution is 2.23. The minimum absolute atomic E-state index is 0.447. The van der Waals surface area contributed by atoms with Gasteiger partial charge in [-0.2, -0.15) is 0 Å². The van der Waals surface area contributed by atoms with Crippen LogP contribution in [0, 0.1) is 13.8 Å². The number of alkyl halides is 1. The minimum atomic E-state index is 0.447. The van der Waals surface area contributed by atoms with Gasteiger partial charge < -0.3 is 4.90 Å². The summed E-state index contributed by atoms with van der Waals surface area (Å²) in [7, 11) is 0. The van der Waals surface area contributed by atoms with Crippen molar-refractivity contribution in [2.75, 3.05) is 11.4 Å². The lowest BCUT2D eigenvalue weighted by atomic mass is 10.2. The first kappa shape index (κ1) is 13.8. The van der Waals surface area contributed by atoms with E-state index in [0.29, 0.717) is 5.88 Å². The molecule has 0 aliphatic heterocycles. The van der Waals surface area contributed by atoms with Crippen LogP contribution in [0.4, 0.5) is 11.6 Å². The molecule has 1 heterocycles. The number of aryl methyl sites for hydroxylation is 2. The number of halogens is 1. The molecule has 2 rings (SSSR count). The Morgan fingerprint density at radius 2 is 2.05 bits per heavy atom. The molecule has 0 unspecified atom stereocenters. The Hall–Kier alpha value is -1.61. The zero-order valence-electron chi connectivity index (χ0n) is 11.5. The monoisotopic (exact) mass is 275 g/mol. The molecule has 0 aliphatic rings. The second-order valence-electron chi connectivity index (χ2n) is 4.50. The zero-order valence-corrected chi connectivity index (χ0v) is 12.3. The molecule has 19 heavy (non-hydrogen) atoms. The van der Waals surface area contributed by atoms with Gasteiger partial charge in [0.25, 0.3) is 0 Å². The van der Waals surface area contributed by atoms with Crippen LogP contribution >= 0.6 is 11.6 Å². The number of aromatic nitrogens is 2. The van der Waals surface area contributed by atoms with Crippen LogP contribution in [0.3, 0.4) is 0 Å². The summed E-state index contributed by atoms with van der Waals surface area (Å²) >= 11 is 5.84. The molecule has 4 heteroatoms. The molecule has 3 nitrogen and oxygen atoms in total. The Morgan fingerprint density at radius 3 is 2.63 bits per heavy atom. The molecule has 0 radical (unpaired) electrons. The van der Waals surface area contributed by atoms with Crippen molar-refractivity contribution in [2.45, 2.75) is 26.7 Å². The fraction of sp³-hybridized carbons (Fsp3) is 0.333. The highest BCUT2D eigenvalue weighted by atomic mass is 35.5. The number of rotatable bonds is 4. The summed E-state index contributed by atoms with van der Waals surface area (Å²) in [4.78, 5) is 11.1. The molecule has 0 saturated heterocycles. The number of nitrogens with zero attached hydrogens (tertiary/aromatic N) is 3. The van der Waals surface area contributed by atoms with E-state index in [1.807, 2.05) is 19.2 Å². The third-order valence-electron chi connectivity index (χ3n) is 3.08. The van der Waals surface area contributed by atoms with Gasteiger partial charge in [0, 0.05) is 29.7 Å². The van der Waals surface area contributed by atoms with E-state index in [2.05, 4.69) is 46.9 Å². The Morgan fingerprint density at radius 1 is 1.26 bits per heavy atom. The Balaban J connectivity index is 2.39. The van der Waals surface area contributed by atoms with E-state index < -0.39 is 0 Å². The standard InChI is InChI=1S/C15H18ClN3/c1-4-19(14-7-5-6-11(2)8-14)15-17-10-13(9-16)12(3)18-15/h5-8,10H,4,9H2,1-3H3. The molecule has 100 valence electrons. The summed E-state index contributed by atoms with van der Waals surface area (Å²) in [5, 5.41) is 0. The molecule has 0 amide bonds. The average Bonchev–Trinajstić information content (AvgIpc) is 2.40. The lowest BCUT2D eigenvalue weighted by Gasteiger charge is -2.22. The topological polar surface area (TPSA) is 29.0 Å². The van der Waals surface area contributed by atoms with Gasteiger partial charge in [-0.3, -0.25) is 0 Å². The van der Waals surface area contributed by atoms with Crippen LogP contribution in [0.5, 0.6) is 0 Å². The van der Waals surface area contributed by atoms with Gasteiger partial charge in [0.05, 0.1) is 5.88 Å². The molecule has 0 N–H and O–H groups in total. The predicted molar refractivity (Wildman–Crippen MR) is 80.2 cm³/mol. The molecular weight excluding hydrogens is 258 g/mol. The molecule has 2 aromatic rings. The van der Waals surface area contributed by atoms with Crippen molar-refractivity contribution in [3.63, 3.8) is 0 Å². The summed E-state index contributed by atoms with van der Waals surface area (Å²) < 4.78 is 0. The van der Waals surface area contributed by atoms with Crippen LogP contribution < -0.4 is 4.90 Å². The van der Waals surface area contributed by atoms with Crippen molar-refractivity contribution >= 4 is 23.2 Å². The van der Waals surface area contributed by atoms with Crippen molar-refractivity contribution in [2.24, 2.45) is 0 Å². The molecule has 0 saturated carbocycles. The van der Waals surface area contributed by atoms with E-state index in [1.165, 1.54) is 5.56 Å². The maximum Gasteiger partial charge on any atom is 0.230 e. The van der Waals surface area contributed by atoms with E-state index in [4.69, 9.17) is 11.6 Å². The van der Waals surface area contributed by atoms with Crippen LogP contribution in [0.2, 0.25) is 0 Å². The molecule has 1 aromatic carbocycles. The van der Waals surface area contributed by atoms with Crippen molar-refractivity contribution in [3.05, 3.63) is 47.3 Å². The smallest absolute Gasteiger partial charge is 0.230 e. The lowest BCUT2D eigenvalue weighted by molar-refractivity contribution is 0.922. The zero-order chi connectivity index (χ0) is 13.8. The molecule has 1 aromatic heterocycles. The fourth-order valence-corrected chi connectivity index (χ4v) is 2.24. The van der Waals surface area contributed by atoms with Gasteiger partial charge in [-0.1, -0.05) is 12.1 Å². The van der Waals surface area contributed by atoms with Crippen LogP contribution in [0.1, 0.15) is 23.7 Å². The number of anilines is 2. The van der Waals surface area contributed by atoms with E-state index in [9.17, 15) is 0 Å². The molecule has 0 fully saturated rings. The SMILES string of the molecule is CCN(c1cccc(C)c1)c1ncc(CCl)c(C)n1. The average molecular weight is 276 g/mol. The molecule has 0 bridgehead atoms. The summed E-state index contributed by atoms with van der Waals surface area (Å²) in [5.41, 5.74) is 4.25. The summed E-state index contributed by atoms with van der Waals surface area (Å²) in [6, 6.07) is 8.34. The highest BCUT2D eigenvalue weighted by Gasteiger charge is 2.11. The maximum atomic E-state index is 5.84. The van der Waals surface area contributed by atoms with Crippen LogP contribution in [0.15, 0.2) is 30.5 Å². The third kappa shape index (κ3) is 3.04. The van der Waals surface area contributed by atoms with Gasteiger partial charge in [0.1, 0.15) is 0 Å². The normalized spacial score (nSPS) is 10.5. The van der Waals surface area contributed by atoms with Gasteiger partial charge in [-0.25, -0.2) is 9.97 Å². The highest BCUT2D eigenvalue weighted by molar-refractivity contribution is 6.17. The summed E-state index contributed by atoms with van der Waals surface area (Å²) in [6.45, 7) is 6.96. The van der Waals surface area contributed by atoms with Crippen molar-refractivity contribution in [3.8, 4) is 0 Å². The first-order chi connectivity index (χ1) is 9.15. The number of hydrogen-bond acceptors (Lipinski definition) is 3. The van der Waals surface area contributed by atoms with E-state index in [1.54, 1.807) is 0 Å². The molecule has 0 spiro atoms. The van der Waals surface area contributed by atoms with E-state index in [0.717, 1.165) is 29.4 Å². The van der Waals surface area contributed by atoms with Gasteiger partial charge in [0.2, 0.25) is 5.95 Å². The summed E-state index contributed by atoms with van der Waals surface area (Å²) in [5.74, 6) is 1.17. The fourth-order valence-electron chi connectivity index (χ4n) is 1.98. The van der Waals surface area contributed by atoms with Gasteiger partial charge in [-0.05, 0) is 38.5 Å². The van der Waals surface area contributed by atoms with E-state index >= 15 is 0 Å². The van der Waals surface area contributed by atoms with Crippen LogP contribution in [-0.4, -0.2) is 16.5 Å². The van der Waals surface area contributed by atoms with Crippen molar-refractivity contribution in [1.29, 1.82) is 0 Å². The Kier molecular flexibility index (Phi) is 4.38. The molecule has 0 aliphatic carbocycles. The van der Waals surface area contributed by atoms with Gasteiger partial charge >= 0.3 is 0 Å². The Labute approximate surface area is 119 Å². The third-order valence-corrected chi connectivity index (χ3v) is 3.37. The lowest BCUT2D eigenvalue weighted by Crippen LogP contribution is -2.19. The van der Waals surface area contributed by atoms with Crippen molar-refractivity contribution < 1.29 is 0 Å². The maximum absolute atomic E-state index is 5.84. The number of hydrogen-bond donors (Lipinski definition) is 0. The van der Waals surface area contributed by atoms with Crippen LogP contribution in [0.25, 0.3) is 0 Å². The van der Waals surface area contributed by atoms with Crippen molar-refractivity contribution in [1.82, 2.24) is 9.97 Å². The Bertz CT molecular complexity index is 569. The van der Waals surface area contributed by atoms with Gasteiger partial charge in [0.15, 0.2) is 0 Å². The number of benzene rings is 1. The second-order valence-corrected chi connectivity index (χ2v) is 4.76. The minimum Gasteiger partial charge on any atom is -0.311 e. The molecular formula is C15H18ClN3. The summed E-state index contributed by atoms with van der Waals surface area (Å²) in [6.07, 6.45) is 1.81. The first-order valence-electron chi connectivity index (χ1n) is 6.38.